The van der Waals surface area contributed by atoms with E-state index in [1.54, 1.807) is 22.2 Å². The van der Waals surface area contributed by atoms with Crippen LogP contribution < -0.4 is 5.56 Å². The molecule has 76 valence electrons. The molecular formula is C10H9N3OS. The highest BCUT2D eigenvalue weighted by Gasteiger charge is 2.11. The molecule has 15 heavy (non-hydrogen) atoms. The molecule has 4 nitrogen and oxygen atoms in total. The highest BCUT2D eigenvalue weighted by atomic mass is 32.1. The molecule has 3 aromatic rings. The molecular weight excluding hydrogens is 210 g/mol. The van der Waals surface area contributed by atoms with Crippen molar-refractivity contribution in [3.05, 3.63) is 28.1 Å². The Morgan fingerprint density at radius 1 is 1.60 bits per heavy atom. The van der Waals surface area contributed by atoms with Gasteiger partial charge in [0.15, 0.2) is 5.52 Å². The van der Waals surface area contributed by atoms with Crippen molar-refractivity contribution < 1.29 is 0 Å². The van der Waals surface area contributed by atoms with E-state index >= 15 is 0 Å². The largest absolute Gasteiger partial charge is 0.343 e. The summed E-state index contributed by atoms with van der Waals surface area (Å²) in [6, 6.07) is 1.98. The molecule has 0 aromatic carbocycles. The van der Waals surface area contributed by atoms with E-state index in [2.05, 4.69) is 9.97 Å². The SMILES string of the molecule is CCn1c(=O)c2nc[nH]c2c2sccc21. The molecule has 0 aliphatic heterocycles. The fraction of sp³-hybridized carbons (Fsp3) is 0.200. The van der Waals surface area contributed by atoms with Crippen LogP contribution in [0, 0.1) is 0 Å². The maximum absolute atomic E-state index is 12.0. The first kappa shape index (κ1) is 8.67. The van der Waals surface area contributed by atoms with Crippen LogP contribution in [0.1, 0.15) is 6.92 Å². The summed E-state index contributed by atoms with van der Waals surface area (Å²) in [7, 11) is 0. The van der Waals surface area contributed by atoms with Crippen LogP contribution in [0.2, 0.25) is 0 Å². The van der Waals surface area contributed by atoms with Gasteiger partial charge in [0.2, 0.25) is 0 Å². The first-order valence-electron chi connectivity index (χ1n) is 4.76. The second-order valence-electron chi connectivity index (χ2n) is 3.31. The summed E-state index contributed by atoms with van der Waals surface area (Å²) in [6.45, 7) is 2.64. The molecule has 0 saturated carbocycles. The van der Waals surface area contributed by atoms with E-state index < -0.39 is 0 Å². The Morgan fingerprint density at radius 3 is 3.27 bits per heavy atom. The fourth-order valence-corrected chi connectivity index (χ4v) is 2.79. The molecule has 3 heterocycles. The average molecular weight is 219 g/mol. The number of hydrogen-bond donors (Lipinski definition) is 1. The summed E-state index contributed by atoms with van der Waals surface area (Å²) >= 11 is 1.63. The van der Waals surface area contributed by atoms with E-state index in [1.165, 1.54) is 0 Å². The van der Waals surface area contributed by atoms with Gasteiger partial charge >= 0.3 is 0 Å². The van der Waals surface area contributed by atoms with E-state index in [0.717, 1.165) is 15.7 Å². The standard InChI is InChI=1S/C10H9N3OS/c1-2-13-6-3-4-15-9(6)7-8(10(13)14)12-5-11-7/h3-5H,2H2,1H3,(H,11,12). The number of H-pyrrole nitrogens is 1. The highest BCUT2D eigenvalue weighted by Crippen LogP contribution is 2.25. The Bertz CT molecular complexity index is 691. The molecule has 1 N–H and O–H groups in total. The van der Waals surface area contributed by atoms with Crippen molar-refractivity contribution in [2.75, 3.05) is 0 Å². The number of nitrogens with one attached hydrogen (secondary N) is 1. The Labute approximate surface area is 89.2 Å². The van der Waals surface area contributed by atoms with Crippen molar-refractivity contribution in [1.82, 2.24) is 14.5 Å². The van der Waals surface area contributed by atoms with Gasteiger partial charge in [-0.15, -0.1) is 11.3 Å². The summed E-state index contributed by atoms with van der Waals surface area (Å²) in [5, 5.41) is 2.00. The van der Waals surface area contributed by atoms with E-state index in [4.69, 9.17) is 0 Å². The molecule has 0 radical (unpaired) electrons. The van der Waals surface area contributed by atoms with Gasteiger partial charge in [-0.25, -0.2) is 4.98 Å². The van der Waals surface area contributed by atoms with Gasteiger partial charge < -0.3 is 9.55 Å². The minimum absolute atomic E-state index is 0.0142. The molecule has 0 saturated heterocycles. The van der Waals surface area contributed by atoms with Gasteiger partial charge in [-0.05, 0) is 18.4 Å². The molecule has 0 unspecified atom stereocenters. The maximum Gasteiger partial charge on any atom is 0.279 e. The number of fused-ring (bicyclic) bond motifs is 3. The molecule has 0 aliphatic carbocycles. The van der Waals surface area contributed by atoms with Gasteiger partial charge in [-0.2, -0.15) is 0 Å². The van der Waals surface area contributed by atoms with Crippen molar-refractivity contribution in [2.24, 2.45) is 0 Å². The van der Waals surface area contributed by atoms with E-state index in [9.17, 15) is 4.79 Å². The third kappa shape index (κ3) is 1.01. The van der Waals surface area contributed by atoms with Gasteiger partial charge in [-0.1, -0.05) is 0 Å². The first-order chi connectivity index (χ1) is 7.33. The number of nitrogens with zero attached hydrogens (tertiary/aromatic N) is 2. The molecule has 0 spiro atoms. The normalized spacial score (nSPS) is 11.5. The summed E-state index contributed by atoms with van der Waals surface area (Å²) in [4.78, 5) is 19.1. The first-order valence-corrected chi connectivity index (χ1v) is 5.64. The molecule has 3 aromatic heterocycles. The molecule has 0 fully saturated rings. The van der Waals surface area contributed by atoms with Crippen LogP contribution in [0.4, 0.5) is 0 Å². The summed E-state index contributed by atoms with van der Waals surface area (Å²) in [5.74, 6) is 0. The number of aromatic amines is 1. The average Bonchev–Trinajstić information content (AvgIpc) is 2.84. The molecule has 0 amide bonds. The van der Waals surface area contributed by atoms with E-state index in [-0.39, 0.29) is 5.56 Å². The zero-order valence-electron chi connectivity index (χ0n) is 8.15. The van der Waals surface area contributed by atoms with Gasteiger partial charge in [0, 0.05) is 6.54 Å². The number of imidazole rings is 1. The van der Waals surface area contributed by atoms with Gasteiger partial charge in [-0.3, -0.25) is 4.79 Å². The third-order valence-corrected chi connectivity index (χ3v) is 3.49. The van der Waals surface area contributed by atoms with Crippen LogP contribution in [-0.2, 0) is 6.54 Å². The van der Waals surface area contributed by atoms with Crippen LogP contribution in [0.25, 0.3) is 21.3 Å². The minimum atomic E-state index is -0.0142. The quantitative estimate of drug-likeness (QED) is 0.680. The minimum Gasteiger partial charge on any atom is -0.343 e. The van der Waals surface area contributed by atoms with E-state index in [1.807, 2.05) is 18.4 Å². The lowest BCUT2D eigenvalue weighted by atomic mass is 10.3. The monoisotopic (exact) mass is 219 g/mol. The Morgan fingerprint density at radius 2 is 2.47 bits per heavy atom. The second-order valence-corrected chi connectivity index (χ2v) is 4.23. The zero-order valence-corrected chi connectivity index (χ0v) is 8.97. The number of pyridine rings is 1. The Kier molecular flexibility index (Phi) is 1.70. The van der Waals surface area contributed by atoms with Crippen LogP contribution in [0.15, 0.2) is 22.6 Å². The Balaban J connectivity index is 2.71. The van der Waals surface area contributed by atoms with Crippen molar-refractivity contribution >= 4 is 32.6 Å². The number of thiophene rings is 1. The van der Waals surface area contributed by atoms with Crippen LogP contribution in [0.5, 0.6) is 0 Å². The number of aryl methyl sites for hydroxylation is 1. The van der Waals surface area contributed by atoms with Crippen LogP contribution in [0.3, 0.4) is 0 Å². The lowest BCUT2D eigenvalue weighted by Crippen LogP contribution is -2.19. The van der Waals surface area contributed by atoms with Crippen molar-refractivity contribution in [3.63, 3.8) is 0 Å². The number of aromatic nitrogens is 3. The second kappa shape index (κ2) is 2.93. The van der Waals surface area contributed by atoms with Crippen molar-refractivity contribution in [2.45, 2.75) is 13.5 Å². The lowest BCUT2D eigenvalue weighted by Gasteiger charge is -2.03. The highest BCUT2D eigenvalue weighted by molar-refractivity contribution is 7.18. The smallest absolute Gasteiger partial charge is 0.279 e. The van der Waals surface area contributed by atoms with Crippen molar-refractivity contribution in [3.8, 4) is 0 Å². The fourth-order valence-electron chi connectivity index (χ4n) is 1.88. The Hall–Kier alpha value is -1.62. The summed E-state index contributed by atoms with van der Waals surface area (Å²) in [6.07, 6.45) is 1.57. The van der Waals surface area contributed by atoms with Crippen molar-refractivity contribution in [1.29, 1.82) is 0 Å². The van der Waals surface area contributed by atoms with Gasteiger partial charge in [0.25, 0.3) is 5.56 Å². The van der Waals surface area contributed by atoms with Crippen LogP contribution in [-0.4, -0.2) is 14.5 Å². The predicted molar refractivity (Wildman–Crippen MR) is 61.4 cm³/mol. The van der Waals surface area contributed by atoms with Gasteiger partial charge in [0.05, 0.1) is 22.1 Å². The predicted octanol–water partition coefficient (Wildman–Crippen LogP) is 1.96. The van der Waals surface area contributed by atoms with Crippen LogP contribution >= 0.6 is 11.3 Å². The summed E-state index contributed by atoms with van der Waals surface area (Å²) < 4.78 is 2.86. The number of hydrogen-bond acceptors (Lipinski definition) is 3. The molecule has 0 aliphatic rings. The topological polar surface area (TPSA) is 50.7 Å². The van der Waals surface area contributed by atoms with Gasteiger partial charge in [0.1, 0.15) is 0 Å². The molecule has 0 bridgehead atoms. The lowest BCUT2D eigenvalue weighted by molar-refractivity contribution is 0.766. The molecule has 0 atom stereocenters. The number of rotatable bonds is 1. The summed E-state index contributed by atoms with van der Waals surface area (Å²) in [5.41, 5.74) is 2.37. The molecule has 5 heteroatoms. The van der Waals surface area contributed by atoms with E-state index in [0.29, 0.717) is 12.1 Å². The maximum atomic E-state index is 12.0. The molecule has 3 rings (SSSR count). The third-order valence-electron chi connectivity index (χ3n) is 2.57. The zero-order chi connectivity index (χ0) is 10.4.